The van der Waals surface area contributed by atoms with Gasteiger partial charge in [0.2, 0.25) is 11.5 Å². The molecule has 0 aliphatic carbocycles. The molecule has 0 fully saturated rings. The van der Waals surface area contributed by atoms with Crippen LogP contribution in [0.15, 0.2) is 12.1 Å². The highest BCUT2D eigenvalue weighted by molar-refractivity contribution is 5.58. The number of benzene rings is 1. The number of unbranched alkanes of at least 4 members (excludes halogenated alkanes) is 6. The molecule has 0 saturated heterocycles. The first-order chi connectivity index (χ1) is 12.2. The van der Waals surface area contributed by atoms with E-state index in [1.54, 1.807) is 12.1 Å². The average molecular weight is 353 g/mol. The first-order valence-electron chi connectivity index (χ1n) is 9.98. The Morgan fingerprint density at radius 2 is 1.12 bits per heavy atom. The summed E-state index contributed by atoms with van der Waals surface area (Å²) in [6, 6.07) is 3.40. The zero-order valence-electron chi connectivity index (χ0n) is 16.3. The van der Waals surface area contributed by atoms with Gasteiger partial charge in [-0.25, -0.2) is 0 Å². The summed E-state index contributed by atoms with van der Waals surface area (Å²) >= 11 is 0. The predicted molar refractivity (Wildman–Crippen MR) is 103 cm³/mol. The van der Waals surface area contributed by atoms with E-state index in [1.165, 1.54) is 0 Å². The van der Waals surface area contributed by atoms with Crippen LogP contribution in [0, 0.1) is 0 Å². The minimum Gasteiger partial charge on any atom is -0.504 e. The maximum absolute atomic E-state index is 10.2. The second-order valence-electron chi connectivity index (χ2n) is 6.41. The van der Waals surface area contributed by atoms with Crippen molar-refractivity contribution in [1.29, 1.82) is 0 Å². The van der Waals surface area contributed by atoms with Crippen LogP contribution in [0.3, 0.4) is 0 Å². The summed E-state index contributed by atoms with van der Waals surface area (Å²) in [6.45, 7) is 8.33. The second-order valence-corrected chi connectivity index (χ2v) is 6.41. The fourth-order valence-corrected chi connectivity index (χ4v) is 2.51. The van der Waals surface area contributed by atoms with Crippen molar-refractivity contribution in [3.63, 3.8) is 0 Å². The van der Waals surface area contributed by atoms with Crippen molar-refractivity contribution in [2.24, 2.45) is 0 Å². The zero-order valence-corrected chi connectivity index (χ0v) is 16.3. The van der Waals surface area contributed by atoms with Crippen molar-refractivity contribution in [3.8, 4) is 23.0 Å². The first kappa shape index (κ1) is 21.5. The molecule has 0 heterocycles. The first-order valence-corrected chi connectivity index (χ1v) is 9.98. The van der Waals surface area contributed by atoms with Crippen molar-refractivity contribution >= 4 is 0 Å². The molecule has 0 spiro atoms. The number of rotatable bonds is 15. The molecule has 0 aliphatic heterocycles. The second kappa shape index (κ2) is 13.7. The normalized spacial score (nSPS) is 10.7. The van der Waals surface area contributed by atoms with E-state index < -0.39 is 0 Å². The minimum atomic E-state index is 0.114. The largest absolute Gasteiger partial charge is 0.504 e. The van der Waals surface area contributed by atoms with Gasteiger partial charge in [-0.15, -0.1) is 0 Å². The lowest BCUT2D eigenvalue weighted by molar-refractivity contribution is 0.229. The maximum atomic E-state index is 10.2. The maximum Gasteiger partial charge on any atom is 0.207 e. The van der Waals surface area contributed by atoms with Crippen LogP contribution in [0.2, 0.25) is 0 Å². The van der Waals surface area contributed by atoms with Crippen LogP contribution in [0.4, 0.5) is 0 Å². The molecule has 1 aromatic rings. The SMILES string of the molecule is CCCCCOc1ccc(O)c(OCCCCC)c1OCCCCC. The summed E-state index contributed by atoms with van der Waals surface area (Å²) in [5.41, 5.74) is 0. The molecule has 0 bridgehead atoms. The molecule has 25 heavy (non-hydrogen) atoms. The fraction of sp³-hybridized carbons (Fsp3) is 0.714. The van der Waals surface area contributed by atoms with E-state index in [0.29, 0.717) is 37.1 Å². The molecule has 144 valence electrons. The van der Waals surface area contributed by atoms with Gasteiger partial charge in [-0.1, -0.05) is 59.3 Å². The third-order valence-electron chi connectivity index (χ3n) is 4.05. The number of hydrogen-bond acceptors (Lipinski definition) is 4. The highest BCUT2D eigenvalue weighted by Crippen LogP contribution is 2.44. The summed E-state index contributed by atoms with van der Waals surface area (Å²) in [7, 11) is 0. The lowest BCUT2D eigenvalue weighted by Gasteiger charge is -2.18. The van der Waals surface area contributed by atoms with Gasteiger partial charge in [0.1, 0.15) is 0 Å². The summed E-state index contributed by atoms with van der Waals surface area (Å²) < 4.78 is 17.7. The Morgan fingerprint density at radius 1 is 0.640 bits per heavy atom. The summed E-state index contributed by atoms with van der Waals surface area (Å²) in [4.78, 5) is 0. The lowest BCUT2D eigenvalue weighted by Crippen LogP contribution is -2.06. The van der Waals surface area contributed by atoms with Crippen molar-refractivity contribution in [3.05, 3.63) is 12.1 Å². The van der Waals surface area contributed by atoms with Crippen LogP contribution in [0.25, 0.3) is 0 Å². The zero-order chi connectivity index (χ0) is 18.3. The van der Waals surface area contributed by atoms with Crippen LogP contribution in [-0.4, -0.2) is 24.9 Å². The molecule has 0 aliphatic rings. The van der Waals surface area contributed by atoms with E-state index >= 15 is 0 Å². The van der Waals surface area contributed by atoms with Crippen molar-refractivity contribution < 1.29 is 19.3 Å². The highest BCUT2D eigenvalue weighted by Gasteiger charge is 2.17. The smallest absolute Gasteiger partial charge is 0.207 e. The van der Waals surface area contributed by atoms with E-state index in [1.807, 2.05) is 0 Å². The number of phenols is 1. The summed E-state index contributed by atoms with van der Waals surface area (Å²) in [5.74, 6) is 1.74. The van der Waals surface area contributed by atoms with Gasteiger partial charge in [-0.3, -0.25) is 0 Å². The van der Waals surface area contributed by atoms with Gasteiger partial charge in [0.25, 0.3) is 0 Å². The van der Waals surface area contributed by atoms with E-state index in [-0.39, 0.29) is 5.75 Å². The van der Waals surface area contributed by atoms with Gasteiger partial charge in [-0.05, 0) is 31.4 Å². The fourth-order valence-electron chi connectivity index (χ4n) is 2.51. The average Bonchev–Trinajstić information content (AvgIpc) is 2.62. The molecule has 0 unspecified atom stereocenters. The lowest BCUT2D eigenvalue weighted by atomic mass is 10.2. The van der Waals surface area contributed by atoms with Crippen molar-refractivity contribution in [2.45, 2.75) is 78.6 Å². The van der Waals surface area contributed by atoms with E-state index in [0.717, 1.165) is 57.8 Å². The minimum absolute atomic E-state index is 0.114. The van der Waals surface area contributed by atoms with Crippen LogP contribution in [-0.2, 0) is 0 Å². The molecule has 0 aromatic heterocycles. The Hall–Kier alpha value is -1.58. The van der Waals surface area contributed by atoms with Crippen LogP contribution in [0.5, 0.6) is 23.0 Å². The molecule has 4 heteroatoms. The van der Waals surface area contributed by atoms with Gasteiger partial charge in [0, 0.05) is 0 Å². The Bertz CT molecular complexity index is 459. The summed E-state index contributed by atoms with van der Waals surface area (Å²) in [6.07, 6.45) is 9.78. The Labute approximate surface area is 153 Å². The number of ether oxygens (including phenoxy) is 3. The molecule has 4 nitrogen and oxygen atoms in total. The van der Waals surface area contributed by atoms with Crippen molar-refractivity contribution in [2.75, 3.05) is 19.8 Å². The molecule has 0 atom stereocenters. The van der Waals surface area contributed by atoms with Gasteiger partial charge < -0.3 is 19.3 Å². The standard InChI is InChI=1S/C21H36O4/c1-4-7-10-15-23-19-14-13-18(22)20(24-16-11-8-5-2)21(19)25-17-12-9-6-3/h13-14,22H,4-12,15-17H2,1-3H3. The molecule has 1 rings (SSSR count). The third-order valence-corrected chi connectivity index (χ3v) is 4.05. The number of aromatic hydroxyl groups is 1. The van der Waals surface area contributed by atoms with Gasteiger partial charge in [0.05, 0.1) is 19.8 Å². The number of hydrogen-bond donors (Lipinski definition) is 1. The van der Waals surface area contributed by atoms with E-state index in [2.05, 4.69) is 20.8 Å². The Balaban J connectivity index is 2.80. The van der Waals surface area contributed by atoms with Crippen molar-refractivity contribution in [1.82, 2.24) is 0 Å². The molecular formula is C21H36O4. The number of phenolic OH excluding ortho intramolecular Hbond substituents is 1. The Morgan fingerprint density at radius 3 is 1.64 bits per heavy atom. The molecule has 1 N–H and O–H groups in total. The molecule has 0 amide bonds. The monoisotopic (exact) mass is 352 g/mol. The van der Waals surface area contributed by atoms with Crippen LogP contribution in [0.1, 0.15) is 78.6 Å². The van der Waals surface area contributed by atoms with Crippen LogP contribution >= 0.6 is 0 Å². The molecule has 1 aromatic carbocycles. The molecule has 0 radical (unpaired) electrons. The van der Waals surface area contributed by atoms with E-state index in [9.17, 15) is 5.11 Å². The summed E-state index contributed by atoms with van der Waals surface area (Å²) in [5, 5.41) is 10.2. The molecule has 0 saturated carbocycles. The predicted octanol–water partition coefficient (Wildman–Crippen LogP) is 6.10. The third kappa shape index (κ3) is 8.37. The van der Waals surface area contributed by atoms with Gasteiger partial charge in [-0.2, -0.15) is 0 Å². The van der Waals surface area contributed by atoms with E-state index in [4.69, 9.17) is 14.2 Å². The van der Waals surface area contributed by atoms with Gasteiger partial charge >= 0.3 is 0 Å². The Kier molecular flexibility index (Phi) is 11.7. The highest BCUT2D eigenvalue weighted by atomic mass is 16.5. The molecular weight excluding hydrogens is 316 g/mol. The van der Waals surface area contributed by atoms with Gasteiger partial charge in [0.15, 0.2) is 11.5 Å². The topological polar surface area (TPSA) is 47.9 Å². The quantitative estimate of drug-likeness (QED) is 0.387. The van der Waals surface area contributed by atoms with Crippen LogP contribution < -0.4 is 14.2 Å².